The van der Waals surface area contributed by atoms with Crippen LogP contribution in [0.15, 0.2) is 41.8 Å². The van der Waals surface area contributed by atoms with Gasteiger partial charge in [0.05, 0.1) is 18.9 Å². The van der Waals surface area contributed by atoms with Crippen molar-refractivity contribution in [2.75, 3.05) is 12.8 Å². The Kier molecular flexibility index (Phi) is 13.1. The lowest BCUT2D eigenvalue weighted by Crippen LogP contribution is -2.60. The normalized spacial score (nSPS) is 17.2. The van der Waals surface area contributed by atoms with E-state index in [2.05, 4.69) is 16.0 Å². The summed E-state index contributed by atoms with van der Waals surface area (Å²) in [6.07, 6.45) is 0.119. The van der Waals surface area contributed by atoms with Gasteiger partial charge in [-0.05, 0) is 23.8 Å². The number of sulfone groups is 1. The topological polar surface area (TPSA) is 226 Å². The quantitative estimate of drug-likeness (QED) is 0.189. The van der Waals surface area contributed by atoms with Crippen molar-refractivity contribution in [2.24, 2.45) is 5.41 Å². The Morgan fingerprint density at radius 3 is 2.18 bits per heavy atom. The zero-order valence-corrected chi connectivity index (χ0v) is 26.3. The molecule has 4 atom stereocenters. The number of rotatable bonds is 14. The molecular formula is C29H40N4O11S. The van der Waals surface area contributed by atoms with Crippen molar-refractivity contribution in [2.45, 2.75) is 77.2 Å². The second-order valence-electron chi connectivity index (χ2n) is 11.7. The van der Waals surface area contributed by atoms with Gasteiger partial charge in [0.25, 0.3) is 0 Å². The zero-order chi connectivity index (χ0) is 33.9. The van der Waals surface area contributed by atoms with Crippen molar-refractivity contribution >= 4 is 45.6 Å². The third-order valence-electron chi connectivity index (χ3n) is 6.72. The molecule has 0 radical (unpaired) electrons. The predicted octanol–water partition coefficient (Wildman–Crippen LogP) is 0.796. The molecule has 0 aromatic heterocycles. The van der Waals surface area contributed by atoms with E-state index in [1.807, 2.05) is 0 Å². The summed E-state index contributed by atoms with van der Waals surface area (Å²) in [7, 11) is -3.61. The van der Waals surface area contributed by atoms with Crippen LogP contribution in [0.3, 0.4) is 0 Å². The van der Waals surface area contributed by atoms with Crippen molar-refractivity contribution in [1.29, 1.82) is 0 Å². The van der Waals surface area contributed by atoms with Crippen molar-refractivity contribution in [3.63, 3.8) is 0 Å². The molecule has 1 fully saturated rings. The van der Waals surface area contributed by atoms with E-state index in [0.717, 1.165) is 17.7 Å². The first-order valence-electron chi connectivity index (χ1n) is 14.1. The van der Waals surface area contributed by atoms with Crippen LogP contribution in [0.4, 0.5) is 4.79 Å². The first-order chi connectivity index (χ1) is 20.9. The van der Waals surface area contributed by atoms with Crippen LogP contribution in [0.1, 0.15) is 52.0 Å². The lowest BCUT2D eigenvalue weighted by molar-refractivity contribution is -0.145. The molecule has 1 aliphatic rings. The summed E-state index contributed by atoms with van der Waals surface area (Å²) in [5.74, 6) is -5.02. The number of alkyl carbamates (subject to hydrolysis) is 1. The minimum absolute atomic E-state index is 0.130. The Morgan fingerprint density at radius 1 is 1.00 bits per heavy atom. The van der Waals surface area contributed by atoms with Gasteiger partial charge in [-0.1, -0.05) is 57.2 Å². The molecule has 1 unspecified atom stereocenters. The summed E-state index contributed by atoms with van der Waals surface area (Å²) in [6.45, 7) is 4.94. The van der Waals surface area contributed by atoms with Gasteiger partial charge in [0.1, 0.15) is 24.7 Å². The molecule has 1 heterocycles. The van der Waals surface area contributed by atoms with E-state index in [1.165, 1.54) is 4.90 Å². The highest BCUT2D eigenvalue weighted by molar-refractivity contribution is 7.93. The molecule has 1 aromatic rings. The molecule has 5 N–H and O–H groups in total. The highest BCUT2D eigenvalue weighted by Gasteiger charge is 2.43. The number of hydrogen-bond donors (Lipinski definition) is 5. The molecule has 1 aliphatic heterocycles. The molecule has 45 heavy (non-hydrogen) atoms. The molecule has 2 rings (SSSR count). The van der Waals surface area contributed by atoms with Gasteiger partial charge in [0.15, 0.2) is 9.84 Å². The van der Waals surface area contributed by atoms with Crippen molar-refractivity contribution < 1.29 is 52.1 Å². The van der Waals surface area contributed by atoms with E-state index in [9.17, 15) is 47.4 Å². The number of carbonyl (C=O) groups is 6. The minimum Gasteiger partial charge on any atom is -0.481 e. The number of aliphatic carboxylic acids is 2. The van der Waals surface area contributed by atoms with E-state index in [4.69, 9.17) is 4.74 Å². The van der Waals surface area contributed by atoms with Gasteiger partial charge in [-0.3, -0.25) is 24.0 Å². The smallest absolute Gasteiger partial charge is 0.408 e. The van der Waals surface area contributed by atoms with Gasteiger partial charge in [-0.2, -0.15) is 0 Å². The Hall–Kier alpha value is -4.47. The van der Waals surface area contributed by atoms with E-state index in [-0.39, 0.29) is 19.6 Å². The number of nitrogens with zero attached hydrogens (tertiary/aromatic N) is 1. The van der Waals surface area contributed by atoms with Crippen LogP contribution in [0, 0.1) is 5.41 Å². The fraction of sp³-hybridized carbons (Fsp3) is 0.517. The van der Waals surface area contributed by atoms with Crippen LogP contribution in [0.2, 0.25) is 0 Å². The van der Waals surface area contributed by atoms with E-state index >= 15 is 0 Å². The number of carbonyl (C=O) groups excluding carboxylic acids is 4. The Balaban J connectivity index is 2.20. The molecule has 0 saturated carbocycles. The third kappa shape index (κ3) is 12.6. The Morgan fingerprint density at radius 2 is 1.62 bits per heavy atom. The fourth-order valence-electron chi connectivity index (χ4n) is 4.52. The number of hydrogen-bond acceptors (Lipinski definition) is 9. The van der Waals surface area contributed by atoms with Crippen LogP contribution >= 0.6 is 0 Å². The SMILES string of the molecule is CC(C)(C)C(NC(=O)[C@H](CC(=O)O)NC(=O)OCc1ccccc1)C(=O)N1CCC[C@@H]1C(=O)N[C@H](/C=C/S(C)(=O)=O)CC(=O)O. The maximum Gasteiger partial charge on any atom is 0.408 e. The van der Waals surface area contributed by atoms with Gasteiger partial charge >= 0.3 is 18.0 Å². The number of likely N-dealkylation sites (tertiary alicyclic amines) is 1. The standard InChI is InChI=1S/C29H40N4O11S/c1-29(2,3)24(32-25(38)20(16-23(36)37)31-28(41)44-17-18-9-6-5-7-10-18)27(40)33-13-8-11-21(33)26(39)30-19(15-22(34)35)12-14-45(4,42)43/h5-7,9-10,12,14,19-21,24H,8,11,13,15-17H2,1-4H3,(H,30,39)(H,31,41)(H,32,38)(H,34,35)(H,36,37)/b14-12+/t19-,20+,21-,24?/m1/s1. The molecule has 1 saturated heterocycles. The number of nitrogens with one attached hydrogen (secondary N) is 3. The number of ether oxygens (including phenoxy) is 1. The molecule has 15 nitrogen and oxygen atoms in total. The summed E-state index contributed by atoms with van der Waals surface area (Å²) < 4.78 is 28.2. The Bertz CT molecular complexity index is 1390. The monoisotopic (exact) mass is 652 g/mol. The van der Waals surface area contributed by atoms with E-state index in [0.29, 0.717) is 12.0 Å². The molecule has 248 valence electrons. The Labute approximate surface area is 261 Å². The number of amides is 4. The van der Waals surface area contributed by atoms with Gasteiger partial charge in [-0.25, -0.2) is 13.2 Å². The summed E-state index contributed by atoms with van der Waals surface area (Å²) in [5.41, 5.74) is -0.280. The second kappa shape index (κ2) is 16.0. The number of carboxylic acids is 2. The maximum atomic E-state index is 13.8. The van der Waals surface area contributed by atoms with Gasteiger partial charge in [-0.15, -0.1) is 0 Å². The fourth-order valence-corrected chi connectivity index (χ4v) is 5.00. The van der Waals surface area contributed by atoms with Crippen molar-refractivity contribution in [3.05, 3.63) is 47.4 Å². The lowest BCUT2D eigenvalue weighted by atomic mass is 9.85. The zero-order valence-electron chi connectivity index (χ0n) is 25.5. The number of carboxylic acid groups (broad SMARTS) is 2. The molecule has 0 aliphatic carbocycles. The van der Waals surface area contributed by atoms with Crippen LogP contribution in [-0.2, 0) is 45.2 Å². The van der Waals surface area contributed by atoms with Crippen LogP contribution in [0.5, 0.6) is 0 Å². The first-order valence-corrected chi connectivity index (χ1v) is 16.0. The van der Waals surface area contributed by atoms with E-state index < -0.39 is 88.0 Å². The molecule has 0 bridgehead atoms. The van der Waals surface area contributed by atoms with E-state index in [1.54, 1.807) is 51.1 Å². The largest absolute Gasteiger partial charge is 0.481 e. The minimum atomic E-state index is -3.61. The summed E-state index contributed by atoms with van der Waals surface area (Å²) in [4.78, 5) is 76.7. The van der Waals surface area contributed by atoms with Crippen molar-refractivity contribution in [1.82, 2.24) is 20.9 Å². The molecule has 0 spiro atoms. The molecular weight excluding hydrogens is 612 g/mol. The summed E-state index contributed by atoms with van der Waals surface area (Å²) >= 11 is 0. The average Bonchev–Trinajstić information content (AvgIpc) is 3.42. The maximum absolute atomic E-state index is 13.8. The number of benzene rings is 1. The third-order valence-corrected chi connectivity index (χ3v) is 7.37. The highest BCUT2D eigenvalue weighted by Crippen LogP contribution is 2.26. The van der Waals surface area contributed by atoms with Crippen LogP contribution in [-0.4, -0.2) is 96.3 Å². The molecule has 4 amide bonds. The predicted molar refractivity (Wildman–Crippen MR) is 160 cm³/mol. The van der Waals surface area contributed by atoms with Crippen LogP contribution < -0.4 is 16.0 Å². The summed E-state index contributed by atoms with van der Waals surface area (Å²) in [5, 5.41) is 26.6. The molecule has 16 heteroatoms. The molecule has 1 aromatic carbocycles. The van der Waals surface area contributed by atoms with Crippen molar-refractivity contribution in [3.8, 4) is 0 Å². The lowest BCUT2D eigenvalue weighted by Gasteiger charge is -2.36. The first kappa shape index (κ1) is 36.7. The highest BCUT2D eigenvalue weighted by atomic mass is 32.2. The average molecular weight is 653 g/mol. The second-order valence-corrected chi connectivity index (χ2v) is 13.7. The van der Waals surface area contributed by atoms with Crippen LogP contribution in [0.25, 0.3) is 0 Å². The summed E-state index contributed by atoms with van der Waals surface area (Å²) in [6, 6.07) is 3.57. The van der Waals surface area contributed by atoms with Gasteiger partial charge in [0.2, 0.25) is 17.7 Å². The van der Waals surface area contributed by atoms with Gasteiger partial charge in [0, 0.05) is 18.2 Å². The van der Waals surface area contributed by atoms with Gasteiger partial charge < -0.3 is 35.8 Å².